The molecule has 1 fully saturated rings. The Morgan fingerprint density at radius 1 is 1.33 bits per heavy atom. The molecule has 0 spiro atoms. The van der Waals surface area contributed by atoms with E-state index in [2.05, 4.69) is 6.92 Å². The van der Waals surface area contributed by atoms with Gasteiger partial charge in [0, 0.05) is 5.92 Å². The molecule has 82 valence electrons. The van der Waals surface area contributed by atoms with Gasteiger partial charge in [0.2, 0.25) is 0 Å². The lowest BCUT2D eigenvalue weighted by molar-refractivity contribution is 0.0692. The smallest absolute Gasteiger partial charge is 0.0970 e. The van der Waals surface area contributed by atoms with Gasteiger partial charge in [-0.3, -0.25) is 0 Å². The van der Waals surface area contributed by atoms with Crippen LogP contribution in [0.5, 0.6) is 0 Å². The molecule has 0 amide bonds. The monoisotopic (exact) mass is 206 g/mol. The maximum Gasteiger partial charge on any atom is 0.0970 e. The number of rotatable bonds is 3. The summed E-state index contributed by atoms with van der Waals surface area (Å²) < 4.78 is 5.55. The first kappa shape index (κ1) is 10.7. The van der Waals surface area contributed by atoms with Crippen molar-refractivity contribution in [3.8, 4) is 0 Å². The van der Waals surface area contributed by atoms with Crippen molar-refractivity contribution in [2.75, 3.05) is 0 Å². The van der Waals surface area contributed by atoms with Gasteiger partial charge in [-0.1, -0.05) is 37.3 Å². The Labute approximate surface area is 90.9 Å². The van der Waals surface area contributed by atoms with E-state index in [9.17, 15) is 5.11 Å². The van der Waals surface area contributed by atoms with Crippen molar-refractivity contribution in [2.24, 2.45) is 5.92 Å². The lowest BCUT2D eigenvalue weighted by atomic mass is 9.85. The van der Waals surface area contributed by atoms with Gasteiger partial charge >= 0.3 is 0 Å². The summed E-state index contributed by atoms with van der Waals surface area (Å²) in [5.74, 6) is 0.120. The number of ether oxygens (including phenoxy) is 1. The average Bonchev–Trinajstić information content (AvgIpc) is 2.87. The van der Waals surface area contributed by atoms with Crippen LogP contribution in [0.1, 0.15) is 32.4 Å². The fraction of sp³-hybridized carbons (Fsp3) is 0.538. The molecule has 2 nitrogen and oxygen atoms in total. The number of aliphatic hydroxyl groups excluding tert-OH is 1. The molecule has 1 aromatic rings. The van der Waals surface area contributed by atoms with Crippen LogP contribution < -0.4 is 0 Å². The van der Waals surface area contributed by atoms with Crippen LogP contribution in [0, 0.1) is 5.92 Å². The highest BCUT2D eigenvalue weighted by molar-refractivity contribution is 5.20. The summed E-state index contributed by atoms with van der Waals surface area (Å²) in [6.07, 6.45) is -0.188. The van der Waals surface area contributed by atoms with Gasteiger partial charge in [0.1, 0.15) is 0 Å². The van der Waals surface area contributed by atoms with Gasteiger partial charge in [-0.2, -0.15) is 0 Å². The Kier molecular flexibility index (Phi) is 2.57. The van der Waals surface area contributed by atoms with Gasteiger partial charge in [-0.15, -0.1) is 0 Å². The summed E-state index contributed by atoms with van der Waals surface area (Å²) >= 11 is 0. The first-order chi connectivity index (χ1) is 7.05. The molecule has 0 bridgehead atoms. The fourth-order valence-electron chi connectivity index (χ4n) is 2.08. The lowest BCUT2D eigenvalue weighted by Gasteiger charge is -2.23. The Morgan fingerprint density at radius 3 is 2.33 bits per heavy atom. The van der Waals surface area contributed by atoms with Crippen molar-refractivity contribution in [2.45, 2.75) is 38.6 Å². The lowest BCUT2D eigenvalue weighted by Crippen LogP contribution is -2.26. The number of epoxide rings is 1. The second-order valence-corrected chi connectivity index (χ2v) is 4.59. The van der Waals surface area contributed by atoms with E-state index in [1.807, 2.05) is 44.2 Å². The number of hydrogen-bond acceptors (Lipinski definition) is 2. The highest BCUT2D eigenvalue weighted by Gasteiger charge is 2.54. The van der Waals surface area contributed by atoms with E-state index in [1.54, 1.807) is 0 Å². The molecule has 0 radical (unpaired) electrons. The molecular weight excluding hydrogens is 188 g/mol. The third kappa shape index (κ3) is 1.80. The molecule has 0 saturated carbocycles. The van der Waals surface area contributed by atoms with Gasteiger partial charge in [-0.25, -0.2) is 0 Å². The third-order valence-corrected chi connectivity index (χ3v) is 3.70. The maximum atomic E-state index is 10.2. The van der Waals surface area contributed by atoms with Crippen LogP contribution in [-0.2, 0) is 4.74 Å². The summed E-state index contributed by atoms with van der Waals surface area (Å²) in [4.78, 5) is 0. The molecule has 4 atom stereocenters. The second kappa shape index (κ2) is 3.62. The first-order valence-electron chi connectivity index (χ1n) is 5.46. The molecule has 1 saturated heterocycles. The van der Waals surface area contributed by atoms with Crippen LogP contribution >= 0.6 is 0 Å². The van der Waals surface area contributed by atoms with E-state index >= 15 is 0 Å². The zero-order valence-corrected chi connectivity index (χ0v) is 9.47. The zero-order valence-electron chi connectivity index (χ0n) is 9.47. The molecule has 1 aliphatic rings. The predicted octanol–water partition coefficient (Wildman–Crippen LogP) is 2.53. The van der Waals surface area contributed by atoms with Crippen molar-refractivity contribution in [1.82, 2.24) is 0 Å². The van der Waals surface area contributed by atoms with Crippen LogP contribution in [-0.4, -0.2) is 16.8 Å². The Balaban J connectivity index is 2.12. The fourth-order valence-corrected chi connectivity index (χ4v) is 2.08. The molecule has 1 aliphatic heterocycles. The highest BCUT2D eigenvalue weighted by atomic mass is 16.6. The van der Waals surface area contributed by atoms with E-state index in [0.29, 0.717) is 0 Å². The van der Waals surface area contributed by atoms with Crippen LogP contribution in [0.2, 0.25) is 0 Å². The normalized spacial score (nSPS) is 33.5. The largest absolute Gasteiger partial charge is 0.388 e. The summed E-state index contributed by atoms with van der Waals surface area (Å²) in [7, 11) is 0. The summed E-state index contributed by atoms with van der Waals surface area (Å²) in [6, 6.07) is 9.77. The number of hydrogen-bond donors (Lipinski definition) is 1. The molecule has 0 unspecified atom stereocenters. The van der Waals surface area contributed by atoms with Crippen LogP contribution in [0.25, 0.3) is 0 Å². The quantitative estimate of drug-likeness (QED) is 0.771. The van der Waals surface area contributed by atoms with Gasteiger partial charge in [0.15, 0.2) is 0 Å². The minimum atomic E-state index is -0.443. The first-order valence-corrected chi connectivity index (χ1v) is 5.46. The minimum Gasteiger partial charge on any atom is -0.388 e. The summed E-state index contributed by atoms with van der Waals surface area (Å²) in [5, 5.41) is 10.2. The van der Waals surface area contributed by atoms with E-state index in [1.165, 1.54) is 0 Å². The maximum absolute atomic E-state index is 10.2. The van der Waals surface area contributed by atoms with Gasteiger partial charge in [0.25, 0.3) is 0 Å². The molecule has 1 N–H and O–H groups in total. The van der Waals surface area contributed by atoms with Gasteiger partial charge in [0.05, 0.1) is 17.8 Å². The molecule has 1 aromatic carbocycles. The molecule has 0 aromatic heterocycles. The third-order valence-electron chi connectivity index (χ3n) is 3.70. The summed E-state index contributed by atoms with van der Waals surface area (Å²) in [5.41, 5.74) is 0.809. The van der Waals surface area contributed by atoms with Gasteiger partial charge < -0.3 is 9.84 Å². The Hall–Kier alpha value is -0.860. The molecule has 2 heteroatoms. The zero-order chi connectivity index (χ0) is 11.1. The molecule has 0 aliphatic carbocycles. The van der Waals surface area contributed by atoms with E-state index in [4.69, 9.17) is 4.74 Å². The molecule has 1 heterocycles. The van der Waals surface area contributed by atoms with Crippen LogP contribution in [0.3, 0.4) is 0 Å². The van der Waals surface area contributed by atoms with E-state index in [-0.39, 0.29) is 17.6 Å². The van der Waals surface area contributed by atoms with Crippen molar-refractivity contribution in [3.63, 3.8) is 0 Å². The molecule has 15 heavy (non-hydrogen) atoms. The topological polar surface area (TPSA) is 32.8 Å². The number of benzene rings is 1. The van der Waals surface area contributed by atoms with Crippen LogP contribution in [0.4, 0.5) is 0 Å². The second-order valence-electron chi connectivity index (χ2n) is 4.59. The predicted molar refractivity (Wildman–Crippen MR) is 59.5 cm³/mol. The SMILES string of the molecule is C[C@@H]1O[C@]1(C)[C@H](C)[C@H](O)c1ccccc1. The van der Waals surface area contributed by atoms with E-state index in [0.717, 1.165) is 5.56 Å². The van der Waals surface area contributed by atoms with E-state index < -0.39 is 6.10 Å². The highest BCUT2D eigenvalue weighted by Crippen LogP contribution is 2.46. The molecular formula is C13H18O2. The number of aliphatic hydroxyl groups is 1. The van der Waals surface area contributed by atoms with Crippen molar-refractivity contribution in [3.05, 3.63) is 35.9 Å². The van der Waals surface area contributed by atoms with Crippen molar-refractivity contribution < 1.29 is 9.84 Å². The van der Waals surface area contributed by atoms with Gasteiger partial charge in [-0.05, 0) is 19.4 Å². The Bertz CT molecular complexity index is 336. The standard InChI is InChI=1S/C13H18O2/c1-9(13(3)10(2)15-13)12(14)11-7-5-4-6-8-11/h4-10,12,14H,1-3H3/t9-,10+,12+,13-/m1/s1. The molecule has 2 rings (SSSR count). The van der Waals surface area contributed by atoms with Crippen LogP contribution in [0.15, 0.2) is 30.3 Å². The van der Waals surface area contributed by atoms with Crippen molar-refractivity contribution in [1.29, 1.82) is 0 Å². The minimum absolute atomic E-state index is 0.120. The summed E-state index contributed by atoms with van der Waals surface area (Å²) in [6.45, 7) is 6.16. The van der Waals surface area contributed by atoms with Crippen molar-refractivity contribution >= 4 is 0 Å². The Morgan fingerprint density at radius 2 is 1.87 bits per heavy atom. The average molecular weight is 206 g/mol.